The van der Waals surface area contributed by atoms with Crippen molar-refractivity contribution in [2.75, 3.05) is 30.5 Å². The minimum absolute atomic E-state index is 0.286. The standard InChI is InChI=1S/C17H17ClN4O5S3/c1-27-6-5-22-12-3-2-11(18)8-13(12)29-17(22)21-15(24)10-30(25,26)9-14(23)20-16-19-4-7-28-16/h2-4,7-8H,5-6,9-10H2,1H3,(H,19,20,23). The van der Waals surface area contributed by atoms with Gasteiger partial charge in [0, 0.05) is 30.3 Å². The highest BCUT2D eigenvalue weighted by molar-refractivity contribution is 7.92. The van der Waals surface area contributed by atoms with Gasteiger partial charge < -0.3 is 14.6 Å². The van der Waals surface area contributed by atoms with Gasteiger partial charge >= 0.3 is 0 Å². The van der Waals surface area contributed by atoms with E-state index in [0.29, 0.717) is 23.0 Å². The number of hydrogen-bond donors (Lipinski definition) is 1. The van der Waals surface area contributed by atoms with Gasteiger partial charge in [-0.15, -0.1) is 11.3 Å². The Kier molecular flexibility index (Phi) is 7.36. The summed E-state index contributed by atoms with van der Waals surface area (Å²) in [5, 5.41) is 4.84. The number of aromatic nitrogens is 2. The fourth-order valence-electron chi connectivity index (χ4n) is 2.55. The lowest BCUT2D eigenvalue weighted by Crippen LogP contribution is -2.28. The van der Waals surface area contributed by atoms with Crippen molar-refractivity contribution < 1.29 is 22.7 Å². The molecule has 9 nitrogen and oxygen atoms in total. The first-order chi connectivity index (χ1) is 14.3. The number of anilines is 1. The minimum Gasteiger partial charge on any atom is -0.383 e. The Morgan fingerprint density at radius 1 is 1.33 bits per heavy atom. The Labute approximate surface area is 184 Å². The van der Waals surface area contributed by atoms with Gasteiger partial charge in [-0.3, -0.25) is 9.59 Å². The second-order valence-corrected chi connectivity index (χ2v) is 10.5. The number of thiazole rings is 2. The maximum absolute atomic E-state index is 12.3. The molecule has 0 saturated carbocycles. The van der Waals surface area contributed by atoms with Crippen molar-refractivity contribution in [1.82, 2.24) is 9.55 Å². The second kappa shape index (κ2) is 9.79. The minimum atomic E-state index is -4.00. The van der Waals surface area contributed by atoms with Gasteiger partial charge in [-0.05, 0) is 18.2 Å². The molecule has 13 heteroatoms. The maximum Gasteiger partial charge on any atom is 0.263 e. The second-order valence-electron chi connectivity index (χ2n) is 6.06. The van der Waals surface area contributed by atoms with Crippen LogP contribution < -0.4 is 10.1 Å². The molecule has 1 aromatic carbocycles. The van der Waals surface area contributed by atoms with Crippen molar-refractivity contribution in [2.45, 2.75) is 6.54 Å². The predicted octanol–water partition coefficient (Wildman–Crippen LogP) is 1.94. The number of carbonyl (C=O) groups excluding carboxylic acids is 2. The zero-order chi connectivity index (χ0) is 21.7. The number of ether oxygens (including phenoxy) is 1. The van der Waals surface area contributed by atoms with E-state index in [-0.39, 0.29) is 5.13 Å². The van der Waals surface area contributed by atoms with Gasteiger partial charge in [0.15, 0.2) is 19.8 Å². The van der Waals surface area contributed by atoms with E-state index in [1.807, 2.05) is 0 Å². The van der Waals surface area contributed by atoms with Crippen molar-refractivity contribution in [3.8, 4) is 0 Å². The molecule has 0 bridgehead atoms. The number of hydrogen-bond acceptors (Lipinski definition) is 8. The summed E-state index contributed by atoms with van der Waals surface area (Å²) >= 11 is 8.40. The van der Waals surface area contributed by atoms with Crippen LogP contribution in [0, 0.1) is 0 Å². The fourth-order valence-corrected chi connectivity index (χ4v) is 5.46. The van der Waals surface area contributed by atoms with Crippen molar-refractivity contribution >= 4 is 71.3 Å². The van der Waals surface area contributed by atoms with Crippen LogP contribution in [0.25, 0.3) is 10.2 Å². The molecule has 0 fully saturated rings. The summed E-state index contributed by atoms with van der Waals surface area (Å²) in [6.07, 6.45) is 1.48. The van der Waals surface area contributed by atoms with Gasteiger partial charge in [0.25, 0.3) is 5.91 Å². The Balaban J connectivity index is 1.79. The largest absolute Gasteiger partial charge is 0.383 e. The number of amides is 2. The number of fused-ring (bicyclic) bond motifs is 1. The van der Waals surface area contributed by atoms with Gasteiger partial charge in [-0.25, -0.2) is 13.4 Å². The van der Waals surface area contributed by atoms with E-state index in [2.05, 4.69) is 15.3 Å². The Morgan fingerprint density at radius 2 is 2.13 bits per heavy atom. The molecule has 0 aliphatic heterocycles. The first-order valence-electron chi connectivity index (χ1n) is 8.52. The van der Waals surface area contributed by atoms with Gasteiger partial charge in [0.05, 0.1) is 16.8 Å². The van der Waals surface area contributed by atoms with E-state index in [9.17, 15) is 18.0 Å². The lowest BCUT2D eigenvalue weighted by atomic mass is 10.3. The lowest BCUT2D eigenvalue weighted by Gasteiger charge is -2.04. The summed E-state index contributed by atoms with van der Waals surface area (Å²) in [4.78, 5) is 32.4. The average molecular weight is 489 g/mol. The highest BCUT2D eigenvalue weighted by atomic mass is 35.5. The first-order valence-corrected chi connectivity index (χ1v) is 12.4. The van der Waals surface area contributed by atoms with Crippen molar-refractivity contribution in [3.05, 3.63) is 39.6 Å². The summed E-state index contributed by atoms with van der Waals surface area (Å²) in [7, 11) is -2.45. The molecule has 3 aromatic rings. The van der Waals surface area contributed by atoms with Crippen LogP contribution >= 0.6 is 34.3 Å². The molecular weight excluding hydrogens is 472 g/mol. The Bertz CT molecular complexity index is 1230. The van der Waals surface area contributed by atoms with Gasteiger partial charge in [-0.2, -0.15) is 4.99 Å². The number of sulfone groups is 1. The van der Waals surface area contributed by atoms with Gasteiger partial charge in [0.1, 0.15) is 11.5 Å². The monoisotopic (exact) mass is 488 g/mol. The molecule has 2 heterocycles. The van der Waals surface area contributed by atoms with E-state index >= 15 is 0 Å². The van der Waals surface area contributed by atoms with E-state index in [0.717, 1.165) is 21.6 Å². The Morgan fingerprint density at radius 3 is 2.83 bits per heavy atom. The average Bonchev–Trinajstić information content (AvgIpc) is 3.25. The van der Waals surface area contributed by atoms with Crippen molar-refractivity contribution in [1.29, 1.82) is 0 Å². The van der Waals surface area contributed by atoms with E-state index < -0.39 is 33.2 Å². The van der Waals surface area contributed by atoms with Crippen LogP contribution in [0.3, 0.4) is 0 Å². The van der Waals surface area contributed by atoms with Gasteiger partial charge in [-0.1, -0.05) is 22.9 Å². The summed E-state index contributed by atoms with van der Waals surface area (Å²) < 4.78 is 32.2. The molecule has 30 heavy (non-hydrogen) atoms. The molecule has 0 aliphatic carbocycles. The molecule has 0 unspecified atom stereocenters. The number of benzene rings is 1. The van der Waals surface area contributed by atoms with Crippen molar-refractivity contribution in [2.24, 2.45) is 4.99 Å². The van der Waals surface area contributed by atoms with Crippen LogP contribution in [-0.4, -0.2) is 55.0 Å². The highest BCUT2D eigenvalue weighted by Gasteiger charge is 2.21. The molecule has 0 radical (unpaired) electrons. The summed E-state index contributed by atoms with van der Waals surface area (Å²) in [6.45, 7) is 0.804. The SMILES string of the molecule is COCCn1c(=NC(=O)CS(=O)(=O)CC(=O)Nc2nccs2)sc2cc(Cl)ccc21. The van der Waals surface area contributed by atoms with E-state index in [1.54, 1.807) is 35.3 Å². The molecule has 0 spiro atoms. The molecule has 2 amide bonds. The topological polar surface area (TPSA) is 120 Å². The van der Waals surface area contributed by atoms with E-state index in [4.69, 9.17) is 16.3 Å². The van der Waals surface area contributed by atoms with Crippen LogP contribution in [0.5, 0.6) is 0 Å². The third kappa shape index (κ3) is 5.95. The predicted molar refractivity (Wildman–Crippen MR) is 117 cm³/mol. The normalized spacial score (nSPS) is 12.4. The number of carbonyl (C=O) groups is 2. The summed E-state index contributed by atoms with van der Waals surface area (Å²) in [5.74, 6) is -3.33. The lowest BCUT2D eigenvalue weighted by molar-refractivity contribution is -0.115. The van der Waals surface area contributed by atoms with E-state index in [1.165, 1.54) is 17.5 Å². The number of rotatable bonds is 8. The summed E-state index contributed by atoms with van der Waals surface area (Å²) in [6, 6.07) is 5.26. The quantitative estimate of drug-likeness (QED) is 0.517. The Hall–Kier alpha value is -2.12. The van der Waals surface area contributed by atoms with Crippen LogP contribution in [0.2, 0.25) is 5.02 Å². The third-order valence-corrected chi connectivity index (χ3v) is 7.11. The number of methoxy groups -OCH3 is 1. The number of nitrogens with one attached hydrogen (secondary N) is 1. The van der Waals surface area contributed by atoms with Crippen LogP contribution in [-0.2, 0) is 30.7 Å². The van der Waals surface area contributed by atoms with Crippen LogP contribution in [0.15, 0.2) is 34.8 Å². The first kappa shape index (κ1) is 22.6. The maximum atomic E-state index is 12.3. The van der Waals surface area contributed by atoms with Crippen molar-refractivity contribution in [3.63, 3.8) is 0 Å². The van der Waals surface area contributed by atoms with Crippen LogP contribution in [0.4, 0.5) is 5.13 Å². The fraction of sp³-hybridized carbons (Fsp3) is 0.294. The molecular formula is C17H17ClN4O5S3. The zero-order valence-electron chi connectivity index (χ0n) is 15.7. The molecule has 0 aliphatic rings. The molecule has 3 rings (SSSR count). The zero-order valence-corrected chi connectivity index (χ0v) is 18.9. The smallest absolute Gasteiger partial charge is 0.263 e. The number of halogens is 1. The number of nitrogens with zero attached hydrogens (tertiary/aromatic N) is 3. The molecule has 1 N–H and O–H groups in total. The molecule has 0 saturated heterocycles. The van der Waals surface area contributed by atoms with Crippen LogP contribution in [0.1, 0.15) is 0 Å². The highest BCUT2D eigenvalue weighted by Crippen LogP contribution is 2.22. The van der Waals surface area contributed by atoms with Gasteiger partial charge in [0.2, 0.25) is 5.91 Å². The summed E-state index contributed by atoms with van der Waals surface area (Å²) in [5.41, 5.74) is 0.804. The third-order valence-electron chi connectivity index (χ3n) is 3.76. The molecule has 2 aromatic heterocycles. The molecule has 160 valence electrons. The molecule has 0 atom stereocenters.